The van der Waals surface area contributed by atoms with Crippen LogP contribution in [0.15, 0.2) is 48.5 Å². The highest BCUT2D eigenvalue weighted by Gasteiger charge is 2.36. The van der Waals surface area contributed by atoms with Gasteiger partial charge in [0.15, 0.2) is 0 Å². The van der Waals surface area contributed by atoms with Crippen LogP contribution in [0.2, 0.25) is 0 Å². The van der Waals surface area contributed by atoms with E-state index in [2.05, 4.69) is 10.2 Å². The molecule has 4 rings (SSSR count). The van der Waals surface area contributed by atoms with E-state index >= 15 is 0 Å². The van der Waals surface area contributed by atoms with Crippen LogP contribution in [0.5, 0.6) is 0 Å². The summed E-state index contributed by atoms with van der Waals surface area (Å²) >= 11 is 0. The molecule has 1 saturated heterocycles. The highest BCUT2D eigenvalue weighted by Crippen LogP contribution is 2.22. The third-order valence-corrected chi connectivity index (χ3v) is 5.73. The van der Waals surface area contributed by atoms with Gasteiger partial charge in [-0.25, -0.2) is 0 Å². The van der Waals surface area contributed by atoms with Gasteiger partial charge in [-0.2, -0.15) is 0 Å². The van der Waals surface area contributed by atoms with Crippen LogP contribution < -0.4 is 11.1 Å². The summed E-state index contributed by atoms with van der Waals surface area (Å²) in [5.74, 6) is -1.71. The van der Waals surface area contributed by atoms with Crippen LogP contribution >= 0.6 is 0 Å². The number of nitrogens with zero attached hydrogens (tertiary/aromatic N) is 2. The van der Waals surface area contributed by atoms with Crippen molar-refractivity contribution in [1.29, 1.82) is 0 Å². The topological polar surface area (TPSA) is 113 Å². The minimum Gasteiger partial charge on any atom is -0.369 e. The Hall–Kier alpha value is -3.52. The van der Waals surface area contributed by atoms with Crippen molar-refractivity contribution >= 4 is 29.3 Å². The van der Waals surface area contributed by atoms with Crippen molar-refractivity contribution in [3.05, 3.63) is 65.2 Å². The minimum atomic E-state index is -0.457. The van der Waals surface area contributed by atoms with Gasteiger partial charge in [0.1, 0.15) is 6.54 Å². The molecule has 0 saturated carbocycles. The van der Waals surface area contributed by atoms with Crippen LogP contribution in [0, 0.1) is 5.92 Å². The summed E-state index contributed by atoms with van der Waals surface area (Å²) in [6.07, 6.45) is 1.78. The summed E-state index contributed by atoms with van der Waals surface area (Å²) in [7, 11) is 0. The number of nitrogens with one attached hydrogen (secondary N) is 1. The molecule has 2 aromatic carbocycles. The van der Waals surface area contributed by atoms with Gasteiger partial charge in [-0.3, -0.25) is 29.0 Å². The van der Waals surface area contributed by atoms with Crippen molar-refractivity contribution in [2.75, 3.05) is 25.0 Å². The van der Waals surface area contributed by atoms with Crippen LogP contribution in [0.4, 0.5) is 5.69 Å². The fourth-order valence-corrected chi connectivity index (χ4v) is 4.11. The normalized spacial score (nSPS) is 18.7. The summed E-state index contributed by atoms with van der Waals surface area (Å²) in [4.78, 5) is 51.8. The predicted octanol–water partition coefficient (Wildman–Crippen LogP) is 1.62. The lowest BCUT2D eigenvalue weighted by atomic mass is 9.97. The summed E-state index contributed by atoms with van der Waals surface area (Å²) in [6, 6.07) is 13.9. The van der Waals surface area contributed by atoms with Crippen molar-refractivity contribution in [3.63, 3.8) is 0 Å². The highest BCUT2D eigenvalue weighted by atomic mass is 16.2. The maximum Gasteiger partial charge on any atom is 0.262 e. The Morgan fingerprint density at radius 2 is 1.65 bits per heavy atom. The number of fused-ring (bicyclic) bond motifs is 1. The first-order valence-electron chi connectivity index (χ1n) is 10.3. The van der Waals surface area contributed by atoms with Crippen LogP contribution in [-0.2, 0) is 16.1 Å². The Balaban J connectivity index is 1.32. The van der Waals surface area contributed by atoms with E-state index in [1.807, 2.05) is 12.1 Å². The number of rotatable bonds is 6. The van der Waals surface area contributed by atoms with Crippen molar-refractivity contribution in [2.45, 2.75) is 19.4 Å². The fourth-order valence-electron chi connectivity index (χ4n) is 4.11. The zero-order valence-electron chi connectivity index (χ0n) is 17.0. The highest BCUT2D eigenvalue weighted by molar-refractivity contribution is 6.22. The lowest BCUT2D eigenvalue weighted by Crippen LogP contribution is -2.40. The van der Waals surface area contributed by atoms with Crippen molar-refractivity contribution < 1.29 is 19.2 Å². The lowest BCUT2D eigenvalue weighted by Gasteiger charge is -2.31. The summed E-state index contributed by atoms with van der Waals surface area (Å²) in [6.45, 7) is 1.94. The summed E-state index contributed by atoms with van der Waals surface area (Å²) in [5.41, 5.74) is 7.72. The van der Waals surface area contributed by atoms with Gasteiger partial charge < -0.3 is 11.1 Å². The van der Waals surface area contributed by atoms with Gasteiger partial charge in [-0.05, 0) is 49.2 Å². The maximum absolute atomic E-state index is 12.4. The quantitative estimate of drug-likeness (QED) is 0.690. The lowest BCUT2D eigenvalue weighted by molar-refractivity contribution is -0.123. The molecule has 0 aliphatic carbocycles. The Bertz CT molecular complexity index is 999. The molecule has 2 aliphatic rings. The number of carbonyl (C=O) groups is 4. The monoisotopic (exact) mass is 420 g/mol. The second-order valence-electron chi connectivity index (χ2n) is 7.96. The number of imide groups is 1. The van der Waals surface area contributed by atoms with Crippen LogP contribution in [-0.4, -0.2) is 53.1 Å². The second-order valence-corrected chi connectivity index (χ2v) is 7.96. The number of primary amides is 1. The first-order valence-corrected chi connectivity index (χ1v) is 10.3. The molecule has 3 N–H and O–H groups in total. The molecule has 1 fully saturated rings. The molecule has 0 spiro atoms. The molecule has 1 unspecified atom stereocenters. The third kappa shape index (κ3) is 4.49. The number of hydrogen-bond acceptors (Lipinski definition) is 5. The molecule has 31 heavy (non-hydrogen) atoms. The van der Waals surface area contributed by atoms with Gasteiger partial charge in [0.05, 0.1) is 17.0 Å². The van der Waals surface area contributed by atoms with Crippen molar-refractivity contribution in [2.24, 2.45) is 11.7 Å². The molecule has 8 heteroatoms. The number of amides is 4. The number of benzene rings is 2. The van der Waals surface area contributed by atoms with Crippen LogP contribution in [0.1, 0.15) is 39.1 Å². The van der Waals surface area contributed by atoms with Gasteiger partial charge >= 0.3 is 0 Å². The van der Waals surface area contributed by atoms with Crippen LogP contribution in [0.3, 0.4) is 0 Å². The molecule has 8 nitrogen and oxygen atoms in total. The Kier molecular flexibility index (Phi) is 5.81. The number of anilines is 1. The smallest absolute Gasteiger partial charge is 0.262 e. The standard InChI is InChI=1S/C23H24N4O4/c24-21(29)16-4-3-11-26(13-16)12-15-7-9-17(10-8-15)25-20(28)14-27-22(30)18-5-1-2-6-19(18)23(27)31/h1-2,5-10,16H,3-4,11-14H2,(H2,24,29)(H,25,28). The Morgan fingerprint density at radius 3 is 2.26 bits per heavy atom. The molecule has 4 amide bonds. The Labute approximate surface area is 180 Å². The van der Waals surface area contributed by atoms with E-state index < -0.39 is 17.7 Å². The van der Waals surface area contributed by atoms with E-state index in [4.69, 9.17) is 5.73 Å². The second kappa shape index (κ2) is 8.69. The number of hydrogen-bond donors (Lipinski definition) is 2. The average Bonchev–Trinajstić information content (AvgIpc) is 3.00. The van der Waals surface area contributed by atoms with Gasteiger partial charge in [0.25, 0.3) is 11.8 Å². The fraction of sp³-hybridized carbons (Fsp3) is 0.304. The number of piperidine rings is 1. The Morgan fingerprint density at radius 1 is 1.00 bits per heavy atom. The summed E-state index contributed by atoms with van der Waals surface area (Å²) in [5, 5.41) is 2.73. The summed E-state index contributed by atoms with van der Waals surface area (Å²) < 4.78 is 0. The van der Waals surface area contributed by atoms with Gasteiger partial charge in [-0.1, -0.05) is 24.3 Å². The predicted molar refractivity (Wildman–Crippen MR) is 114 cm³/mol. The largest absolute Gasteiger partial charge is 0.369 e. The maximum atomic E-state index is 12.4. The molecule has 0 radical (unpaired) electrons. The van der Waals surface area contributed by atoms with E-state index in [-0.39, 0.29) is 18.4 Å². The zero-order valence-corrected chi connectivity index (χ0v) is 17.0. The van der Waals surface area contributed by atoms with Gasteiger partial charge in [0, 0.05) is 18.8 Å². The van der Waals surface area contributed by atoms with E-state index in [0.717, 1.165) is 29.8 Å². The van der Waals surface area contributed by atoms with E-state index in [1.165, 1.54) is 0 Å². The molecule has 2 aliphatic heterocycles. The van der Waals surface area contributed by atoms with E-state index in [1.54, 1.807) is 36.4 Å². The number of nitrogens with two attached hydrogens (primary N) is 1. The molecular weight excluding hydrogens is 396 g/mol. The first-order chi connectivity index (χ1) is 14.9. The molecule has 1 atom stereocenters. The van der Waals surface area contributed by atoms with Gasteiger partial charge in [0.2, 0.25) is 11.8 Å². The average molecular weight is 420 g/mol. The van der Waals surface area contributed by atoms with Crippen molar-refractivity contribution in [3.8, 4) is 0 Å². The molecule has 0 bridgehead atoms. The molecule has 2 aromatic rings. The van der Waals surface area contributed by atoms with Gasteiger partial charge in [-0.15, -0.1) is 0 Å². The molecule has 0 aromatic heterocycles. The molecule has 2 heterocycles. The van der Waals surface area contributed by atoms with Crippen LogP contribution in [0.25, 0.3) is 0 Å². The SMILES string of the molecule is NC(=O)C1CCCN(Cc2ccc(NC(=O)CN3C(=O)c4ccccc4C3=O)cc2)C1. The zero-order chi connectivity index (χ0) is 22.0. The number of likely N-dealkylation sites (tertiary alicyclic amines) is 1. The van der Waals surface area contributed by atoms with E-state index in [9.17, 15) is 19.2 Å². The van der Waals surface area contributed by atoms with Crippen molar-refractivity contribution in [1.82, 2.24) is 9.80 Å². The number of carbonyl (C=O) groups excluding carboxylic acids is 4. The molecule has 160 valence electrons. The molecular formula is C23H24N4O4. The van der Waals surface area contributed by atoms with E-state index in [0.29, 0.717) is 29.9 Å². The first kappa shape index (κ1) is 20.7. The minimum absolute atomic E-state index is 0.102. The third-order valence-electron chi connectivity index (χ3n) is 5.73.